The lowest BCUT2D eigenvalue weighted by Gasteiger charge is -2.30. The van der Waals surface area contributed by atoms with E-state index in [2.05, 4.69) is 32.1 Å². The van der Waals surface area contributed by atoms with E-state index in [1.165, 1.54) is 12.8 Å². The molecule has 1 saturated heterocycles. The first-order valence-corrected chi connectivity index (χ1v) is 7.52. The van der Waals surface area contributed by atoms with E-state index in [0.29, 0.717) is 11.4 Å². The predicted molar refractivity (Wildman–Crippen MR) is 84.8 cm³/mol. The number of nitrogens with one attached hydrogen (secondary N) is 1. The minimum Gasteiger partial charge on any atom is -0.341 e. The molecule has 114 valence electrons. The number of amides is 1. The summed E-state index contributed by atoms with van der Waals surface area (Å²) >= 11 is 0. The molecule has 1 amide bonds. The van der Waals surface area contributed by atoms with Gasteiger partial charge in [0, 0.05) is 19.3 Å². The molecule has 1 aliphatic rings. The molecule has 0 radical (unpaired) electrons. The highest BCUT2D eigenvalue weighted by Gasteiger charge is 2.17. The van der Waals surface area contributed by atoms with Gasteiger partial charge in [0.15, 0.2) is 0 Å². The van der Waals surface area contributed by atoms with E-state index in [4.69, 9.17) is 0 Å². The maximum Gasteiger partial charge on any atom is 0.274 e. The fraction of sp³-hybridized carbons (Fsp3) is 0.375. The summed E-state index contributed by atoms with van der Waals surface area (Å²) in [6.45, 7) is 4.25. The van der Waals surface area contributed by atoms with Crippen molar-refractivity contribution >= 4 is 17.5 Å². The Balaban J connectivity index is 1.63. The molecule has 1 aliphatic heterocycles. The fourth-order valence-corrected chi connectivity index (χ4v) is 2.45. The summed E-state index contributed by atoms with van der Waals surface area (Å²) in [5, 5.41) is 2.75. The second-order valence-corrected chi connectivity index (χ2v) is 5.61. The predicted octanol–water partition coefficient (Wildman–Crippen LogP) is 2.36. The van der Waals surface area contributed by atoms with Crippen LogP contribution >= 0.6 is 0 Å². The van der Waals surface area contributed by atoms with Crippen molar-refractivity contribution in [2.45, 2.75) is 19.8 Å². The Kier molecular flexibility index (Phi) is 4.27. The quantitative estimate of drug-likeness (QED) is 0.941. The SMILES string of the molecule is CC1CCN(c2ncc(NC(=O)c3ccccn3)cn2)CC1. The van der Waals surface area contributed by atoms with Gasteiger partial charge in [0.05, 0.1) is 18.1 Å². The number of anilines is 2. The van der Waals surface area contributed by atoms with Gasteiger partial charge >= 0.3 is 0 Å². The Morgan fingerprint density at radius 2 is 1.91 bits per heavy atom. The zero-order valence-electron chi connectivity index (χ0n) is 12.6. The van der Waals surface area contributed by atoms with Crippen LogP contribution in [0.25, 0.3) is 0 Å². The van der Waals surface area contributed by atoms with Crippen molar-refractivity contribution in [2.75, 3.05) is 23.3 Å². The van der Waals surface area contributed by atoms with Gasteiger partial charge in [-0.3, -0.25) is 9.78 Å². The zero-order chi connectivity index (χ0) is 15.4. The summed E-state index contributed by atoms with van der Waals surface area (Å²) in [5.41, 5.74) is 0.946. The van der Waals surface area contributed by atoms with Crippen LogP contribution in [0.15, 0.2) is 36.8 Å². The van der Waals surface area contributed by atoms with E-state index in [0.717, 1.165) is 25.0 Å². The highest BCUT2D eigenvalue weighted by Crippen LogP contribution is 2.20. The molecule has 22 heavy (non-hydrogen) atoms. The van der Waals surface area contributed by atoms with Gasteiger partial charge < -0.3 is 10.2 Å². The number of pyridine rings is 1. The Morgan fingerprint density at radius 1 is 1.18 bits per heavy atom. The highest BCUT2D eigenvalue weighted by molar-refractivity contribution is 6.02. The Labute approximate surface area is 129 Å². The van der Waals surface area contributed by atoms with E-state index >= 15 is 0 Å². The maximum atomic E-state index is 12.0. The van der Waals surface area contributed by atoms with Gasteiger partial charge in [0.1, 0.15) is 5.69 Å². The molecule has 0 bridgehead atoms. The van der Waals surface area contributed by atoms with Crippen LogP contribution in [0.3, 0.4) is 0 Å². The second kappa shape index (κ2) is 6.51. The molecule has 3 rings (SSSR count). The minimum atomic E-state index is -0.260. The lowest BCUT2D eigenvalue weighted by molar-refractivity contribution is 0.102. The van der Waals surface area contributed by atoms with Crippen LogP contribution in [0.2, 0.25) is 0 Å². The Morgan fingerprint density at radius 3 is 2.55 bits per heavy atom. The monoisotopic (exact) mass is 297 g/mol. The first-order chi connectivity index (χ1) is 10.7. The molecular weight excluding hydrogens is 278 g/mol. The molecule has 0 spiro atoms. The van der Waals surface area contributed by atoms with Crippen molar-refractivity contribution in [1.82, 2.24) is 15.0 Å². The first-order valence-electron chi connectivity index (χ1n) is 7.52. The van der Waals surface area contributed by atoms with Gasteiger partial charge in [0.2, 0.25) is 5.95 Å². The largest absolute Gasteiger partial charge is 0.341 e. The molecule has 1 fully saturated rings. The van der Waals surface area contributed by atoms with Crippen LogP contribution in [-0.4, -0.2) is 33.9 Å². The third-order valence-electron chi connectivity index (χ3n) is 3.86. The van der Waals surface area contributed by atoms with Crippen molar-refractivity contribution in [3.63, 3.8) is 0 Å². The molecule has 2 aromatic heterocycles. The summed E-state index contributed by atoms with van der Waals surface area (Å²) < 4.78 is 0. The molecule has 0 aliphatic carbocycles. The number of carbonyl (C=O) groups is 1. The number of hydrogen-bond donors (Lipinski definition) is 1. The van der Waals surface area contributed by atoms with E-state index in [1.807, 2.05) is 0 Å². The van der Waals surface area contributed by atoms with Crippen LogP contribution in [0.5, 0.6) is 0 Å². The standard InChI is InChI=1S/C16H19N5O/c1-12-5-8-21(9-6-12)16-18-10-13(11-19-16)20-15(22)14-4-2-3-7-17-14/h2-4,7,10-12H,5-6,8-9H2,1H3,(H,20,22). The van der Waals surface area contributed by atoms with Crippen molar-refractivity contribution in [3.05, 3.63) is 42.5 Å². The van der Waals surface area contributed by atoms with Gasteiger partial charge in [0.25, 0.3) is 5.91 Å². The average molecular weight is 297 g/mol. The smallest absolute Gasteiger partial charge is 0.274 e. The summed E-state index contributed by atoms with van der Waals surface area (Å²) in [6, 6.07) is 5.21. The number of piperidine rings is 1. The topological polar surface area (TPSA) is 71.0 Å². The number of aromatic nitrogens is 3. The highest BCUT2D eigenvalue weighted by atomic mass is 16.1. The van der Waals surface area contributed by atoms with Crippen LogP contribution in [0.1, 0.15) is 30.3 Å². The lowest BCUT2D eigenvalue weighted by Crippen LogP contribution is -2.34. The van der Waals surface area contributed by atoms with E-state index < -0.39 is 0 Å². The molecule has 1 N–H and O–H groups in total. The van der Waals surface area contributed by atoms with Gasteiger partial charge in [-0.25, -0.2) is 9.97 Å². The zero-order valence-corrected chi connectivity index (χ0v) is 12.6. The summed E-state index contributed by atoms with van der Waals surface area (Å²) in [5.74, 6) is 1.24. The van der Waals surface area contributed by atoms with E-state index in [1.54, 1.807) is 36.8 Å². The normalized spacial score (nSPS) is 15.6. The maximum absolute atomic E-state index is 12.0. The van der Waals surface area contributed by atoms with Gasteiger partial charge in [-0.15, -0.1) is 0 Å². The van der Waals surface area contributed by atoms with Gasteiger partial charge in [-0.05, 0) is 30.9 Å². The van der Waals surface area contributed by atoms with E-state index in [-0.39, 0.29) is 5.91 Å². The Hall–Kier alpha value is -2.50. The molecule has 2 aromatic rings. The molecular formula is C16H19N5O. The van der Waals surface area contributed by atoms with Crippen molar-refractivity contribution in [2.24, 2.45) is 5.92 Å². The molecule has 6 nitrogen and oxygen atoms in total. The van der Waals surface area contributed by atoms with Crippen LogP contribution < -0.4 is 10.2 Å². The van der Waals surface area contributed by atoms with Crippen molar-refractivity contribution < 1.29 is 4.79 Å². The molecule has 6 heteroatoms. The fourth-order valence-electron chi connectivity index (χ4n) is 2.45. The summed E-state index contributed by atoms with van der Waals surface area (Å²) in [6.07, 6.45) is 7.21. The molecule has 0 saturated carbocycles. The third-order valence-corrected chi connectivity index (χ3v) is 3.86. The van der Waals surface area contributed by atoms with Crippen LogP contribution in [0.4, 0.5) is 11.6 Å². The first kappa shape index (κ1) is 14.4. The van der Waals surface area contributed by atoms with E-state index in [9.17, 15) is 4.79 Å². The number of hydrogen-bond acceptors (Lipinski definition) is 5. The summed E-state index contributed by atoms with van der Waals surface area (Å²) in [4.78, 5) is 26.9. The number of nitrogens with zero attached hydrogens (tertiary/aromatic N) is 4. The summed E-state index contributed by atoms with van der Waals surface area (Å²) in [7, 11) is 0. The number of carbonyl (C=O) groups excluding carboxylic acids is 1. The van der Waals surface area contributed by atoms with Crippen molar-refractivity contribution in [3.8, 4) is 0 Å². The average Bonchev–Trinajstić information content (AvgIpc) is 2.57. The molecule has 0 unspecified atom stereocenters. The molecule has 0 aromatic carbocycles. The number of rotatable bonds is 3. The second-order valence-electron chi connectivity index (χ2n) is 5.61. The van der Waals surface area contributed by atoms with Crippen LogP contribution in [0, 0.1) is 5.92 Å². The lowest BCUT2D eigenvalue weighted by atomic mass is 10.00. The van der Waals surface area contributed by atoms with Gasteiger partial charge in [-0.2, -0.15) is 0 Å². The van der Waals surface area contributed by atoms with Crippen molar-refractivity contribution in [1.29, 1.82) is 0 Å². The Bertz CT molecular complexity index is 621. The van der Waals surface area contributed by atoms with Gasteiger partial charge in [-0.1, -0.05) is 13.0 Å². The third kappa shape index (κ3) is 3.39. The van der Waals surface area contributed by atoms with Crippen LogP contribution in [-0.2, 0) is 0 Å². The minimum absolute atomic E-state index is 0.260. The molecule has 3 heterocycles. The molecule has 0 atom stereocenters.